The molecule has 82 valence electrons. The van der Waals surface area contributed by atoms with Crippen LogP contribution in [0.1, 0.15) is 0 Å². The Labute approximate surface area is 103 Å². The number of hydrogen-bond donors (Lipinski definition) is 0. The molecule has 0 N–H and O–H groups in total. The van der Waals surface area contributed by atoms with Gasteiger partial charge in [0.15, 0.2) is 0 Å². The molecule has 0 aliphatic rings. The SMILES string of the molecule is CSc1ccc(Oc2ccnc(Cl)n2)cc1. The summed E-state index contributed by atoms with van der Waals surface area (Å²) in [6, 6.07) is 9.42. The molecule has 0 aliphatic carbocycles. The number of ether oxygens (including phenoxy) is 1. The number of rotatable bonds is 3. The van der Waals surface area contributed by atoms with Crippen LogP contribution < -0.4 is 4.74 Å². The van der Waals surface area contributed by atoms with E-state index in [0.717, 1.165) is 5.75 Å². The van der Waals surface area contributed by atoms with E-state index in [9.17, 15) is 0 Å². The zero-order chi connectivity index (χ0) is 11.4. The summed E-state index contributed by atoms with van der Waals surface area (Å²) < 4.78 is 5.51. The number of benzene rings is 1. The van der Waals surface area contributed by atoms with E-state index < -0.39 is 0 Å². The van der Waals surface area contributed by atoms with Gasteiger partial charge in [-0.3, -0.25) is 0 Å². The molecule has 1 aromatic carbocycles. The van der Waals surface area contributed by atoms with Crippen molar-refractivity contribution in [3.05, 3.63) is 41.8 Å². The minimum Gasteiger partial charge on any atom is -0.439 e. The molecule has 16 heavy (non-hydrogen) atoms. The molecule has 0 atom stereocenters. The molecule has 3 nitrogen and oxygen atoms in total. The van der Waals surface area contributed by atoms with Crippen molar-refractivity contribution in [3.8, 4) is 11.6 Å². The normalized spacial score (nSPS) is 10.1. The van der Waals surface area contributed by atoms with Crippen molar-refractivity contribution in [2.75, 3.05) is 6.26 Å². The lowest BCUT2D eigenvalue weighted by Gasteiger charge is -2.04. The van der Waals surface area contributed by atoms with E-state index in [1.54, 1.807) is 24.0 Å². The van der Waals surface area contributed by atoms with Gasteiger partial charge in [0.1, 0.15) is 5.75 Å². The highest BCUT2D eigenvalue weighted by atomic mass is 35.5. The molecule has 1 aromatic heterocycles. The Bertz CT molecular complexity index is 476. The third kappa shape index (κ3) is 2.87. The topological polar surface area (TPSA) is 35.0 Å². The van der Waals surface area contributed by atoms with Crippen molar-refractivity contribution >= 4 is 23.4 Å². The highest BCUT2D eigenvalue weighted by Crippen LogP contribution is 2.23. The summed E-state index contributed by atoms with van der Waals surface area (Å²) in [5.41, 5.74) is 0. The van der Waals surface area contributed by atoms with Crippen LogP contribution in [0, 0.1) is 0 Å². The van der Waals surface area contributed by atoms with Gasteiger partial charge in [0.2, 0.25) is 11.2 Å². The van der Waals surface area contributed by atoms with Gasteiger partial charge in [-0.1, -0.05) is 0 Å². The number of aromatic nitrogens is 2. The fraction of sp³-hybridized carbons (Fsp3) is 0.0909. The van der Waals surface area contributed by atoms with Gasteiger partial charge in [-0.05, 0) is 42.1 Å². The van der Waals surface area contributed by atoms with Gasteiger partial charge < -0.3 is 4.74 Å². The van der Waals surface area contributed by atoms with Gasteiger partial charge in [0.25, 0.3) is 0 Å². The van der Waals surface area contributed by atoms with Crippen molar-refractivity contribution in [2.24, 2.45) is 0 Å². The van der Waals surface area contributed by atoms with Crippen molar-refractivity contribution < 1.29 is 4.74 Å². The molecule has 0 saturated heterocycles. The lowest BCUT2D eigenvalue weighted by Crippen LogP contribution is -1.89. The molecule has 0 unspecified atom stereocenters. The van der Waals surface area contributed by atoms with Crippen LogP contribution in [-0.2, 0) is 0 Å². The van der Waals surface area contributed by atoms with Crippen molar-refractivity contribution in [1.82, 2.24) is 9.97 Å². The lowest BCUT2D eigenvalue weighted by molar-refractivity contribution is 0.461. The Morgan fingerprint density at radius 3 is 2.56 bits per heavy atom. The van der Waals surface area contributed by atoms with Gasteiger partial charge in [-0.2, -0.15) is 4.98 Å². The summed E-state index contributed by atoms with van der Waals surface area (Å²) in [6.45, 7) is 0. The Morgan fingerprint density at radius 1 is 1.19 bits per heavy atom. The molecule has 0 saturated carbocycles. The van der Waals surface area contributed by atoms with E-state index in [-0.39, 0.29) is 5.28 Å². The molecular weight excluding hydrogens is 244 g/mol. The first-order valence-electron chi connectivity index (χ1n) is 4.58. The van der Waals surface area contributed by atoms with Crippen LogP contribution in [0.2, 0.25) is 5.28 Å². The molecule has 0 radical (unpaired) electrons. The zero-order valence-corrected chi connectivity index (χ0v) is 10.1. The van der Waals surface area contributed by atoms with E-state index in [0.29, 0.717) is 5.88 Å². The predicted octanol–water partition coefficient (Wildman–Crippen LogP) is 3.64. The van der Waals surface area contributed by atoms with Gasteiger partial charge in [-0.25, -0.2) is 4.98 Å². The van der Waals surface area contributed by atoms with E-state index in [1.165, 1.54) is 4.90 Å². The fourth-order valence-corrected chi connectivity index (χ4v) is 1.69. The zero-order valence-electron chi connectivity index (χ0n) is 8.55. The smallest absolute Gasteiger partial charge is 0.225 e. The minimum absolute atomic E-state index is 0.179. The monoisotopic (exact) mass is 252 g/mol. The molecule has 2 rings (SSSR count). The first-order chi connectivity index (χ1) is 7.78. The molecule has 5 heteroatoms. The first-order valence-corrected chi connectivity index (χ1v) is 6.18. The number of hydrogen-bond acceptors (Lipinski definition) is 4. The highest BCUT2D eigenvalue weighted by molar-refractivity contribution is 7.98. The third-order valence-electron chi connectivity index (χ3n) is 1.88. The summed E-state index contributed by atoms with van der Waals surface area (Å²) in [4.78, 5) is 8.91. The Hall–Kier alpha value is -1.26. The summed E-state index contributed by atoms with van der Waals surface area (Å²) in [7, 11) is 0. The Morgan fingerprint density at radius 2 is 1.94 bits per heavy atom. The maximum atomic E-state index is 5.65. The third-order valence-corrected chi connectivity index (χ3v) is 2.81. The summed E-state index contributed by atoms with van der Waals surface area (Å²) in [5.74, 6) is 1.17. The molecule has 2 aromatic rings. The minimum atomic E-state index is 0.179. The van der Waals surface area contributed by atoms with Crippen molar-refractivity contribution in [1.29, 1.82) is 0 Å². The average molecular weight is 253 g/mol. The van der Waals surface area contributed by atoms with Crippen LogP contribution in [0.15, 0.2) is 41.4 Å². The largest absolute Gasteiger partial charge is 0.439 e. The van der Waals surface area contributed by atoms with Crippen LogP contribution in [0.25, 0.3) is 0 Å². The highest BCUT2D eigenvalue weighted by Gasteiger charge is 2.00. The van der Waals surface area contributed by atoms with Crippen LogP contribution in [0.4, 0.5) is 0 Å². The Balaban J connectivity index is 2.14. The van der Waals surface area contributed by atoms with Crippen molar-refractivity contribution in [2.45, 2.75) is 4.90 Å². The number of nitrogens with zero attached hydrogens (tertiary/aromatic N) is 2. The van der Waals surface area contributed by atoms with Gasteiger partial charge >= 0.3 is 0 Å². The molecule has 1 heterocycles. The maximum absolute atomic E-state index is 5.65. The second-order valence-corrected chi connectivity index (χ2v) is 4.16. The van der Waals surface area contributed by atoms with Crippen LogP contribution in [0.3, 0.4) is 0 Å². The van der Waals surface area contributed by atoms with Crippen LogP contribution in [0.5, 0.6) is 11.6 Å². The van der Waals surface area contributed by atoms with Crippen LogP contribution >= 0.6 is 23.4 Å². The lowest BCUT2D eigenvalue weighted by atomic mass is 10.3. The molecule has 0 spiro atoms. The van der Waals surface area contributed by atoms with Gasteiger partial charge in [0.05, 0.1) is 0 Å². The standard InChI is InChI=1S/C11H9ClN2OS/c1-16-9-4-2-8(3-5-9)15-10-6-7-13-11(12)14-10/h2-7H,1H3. The summed E-state index contributed by atoms with van der Waals surface area (Å²) in [6.07, 6.45) is 3.58. The van der Waals surface area contributed by atoms with E-state index >= 15 is 0 Å². The van der Waals surface area contributed by atoms with E-state index in [1.807, 2.05) is 30.5 Å². The quantitative estimate of drug-likeness (QED) is 0.617. The summed E-state index contributed by atoms with van der Waals surface area (Å²) in [5, 5.41) is 0.179. The fourth-order valence-electron chi connectivity index (χ4n) is 1.14. The molecule has 0 bridgehead atoms. The summed E-state index contributed by atoms with van der Waals surface area (Å²) >= 11 is 7.34. The van der Waals surface area contributed by atoms with Crippen molar-refractivity contribution in [3.63, 3.8) is 0 Å². The molecule has 0 fully saturated rings. The van der Waals surface area contributed by atoms with E-state index in [2.05, 4.69) is 9.97 Å². The predicted molar refractivity (Wildman–Crippen MR) is 65.3 cm³/mol. The average Bonchev–Trinajstić information content (AvgIpc) is 2.30. The van der Waals surface area contributed by atoms with E-state index in [4.69, 9.17) is 16.3 Å². The molecule has 0 aliphatic heterocycles. The second-order valence-electron chi connectivity index (χ2n) is 2.94. The van der Waals surface area contributed by atoms with Crippen LogP contribution in [-0.4, -0.2) is 16.2 Å². The molecule has 0 amide bonds. The number of halogens is 1. The Kier molecular flexibility index (Phi) is 3.64. The van der Waals surface area contributed by atoms with Gasteiger partial charge in [-0.15, -0.1) is 11.8 Å². The second kappa shape index (κ2) is 5.18. The molecular formula is C11H9ClN2OS. The van der Waals surface area contributed by atoms with Gasteiger partial charge in [0, 0.05) is 17.2 Å². The number of thioether (sulfide) groups is 1. The first kappa shape index (κ1) is 11.2. The maximum Gasteiger partial charge on any atom is 0.225 e.